The number of amides is 2. The minimum atomic E-state index is -0.621. The van der Waals surface area contributed by atoms with Gasteiger partial charge in [-0.15, -0.1) is 0 Å². The number of benzene rings is 1. The van der Waals surface area contributed by atoms with Crippen LogP contribution in [0.25, 0.3) is 0 Å². The molecule has 7 heteroatoms. The summed E-state index contributed by atoms with van der Waals surface area (Å²) in [5.74, 6) is -1.12. The fourth-order valence-corrected chi connectivity index (χ4v) is 2.36. The van der Waals surface area contributed by atoms with E-state index in [0.717, 1.165) is 0 Å². The molecule has 0 aliphatic heterocycles. The first-order valence-corrected chi connectivity index (χ1v) is 6.39. The molecule has 0 saturated heterocycles. The summed E-state index contributed by atoms with van der Waals surface area (Å²) in [7, 11) is 0. The zero-order valence-corrected chi connectivity index (χ0v) is 12.1. The third-order valence-electron chi connectivity index (χ3n) is 2.49. The van der Waals surface area contributed by atoms with Gasteiger partial charge in [-0.1, -0.05) is 22.0 Å². The van der Waals surface area contributed by atoms with E-state index in [-0.39, 0.29) is 13.1 Å². The lowest BCUT2D eigenvalue weighted by Crippen LogP contribution is -2.39. The molecular weight excluding hydrogens is 314 g/mol. The van der Waals surface area contributed by atoms with Crippen LogP contribution in [0.15, 0.2) is 22.7 Å². The normalized spacial score (nSPS) is 11.9. The average Bonchev–Trinajstić information content (AvgIpc) is 2.26. The maximum atomic E-state index is 11.0. The van der Waals surface area contributed by atoms with Gasteiger partial charge in [0.1, 0.15) is 0 Å². The molecule has 1 aromatic rings. The van der Waals surface area contributed by atoms with Crippen LogP contribution in [0.4, 0.5) is 5.69 Å². The molecule has 0 aliphatic carbocycles. The number of rotatable bonds is 6. The van der Waals surface area contributed by atoms with Crippen LogP contribution < -0.4 is 16.4 Å². The fraction of sp³-hybridized carbons (Fsp3) is 0.333. The lowest BCUT2D eigenvalue weighted by atomic mass is 10.1. The number of carbonyl (C=O) groups is 2. The van der Waals surface area contributed by atoms with Crippen LogP contribution in [-0.4, -0.2) is 30.0 Å². The zero-order chi connectivity index (χ0) is 14.6. The monoisotopic (exact) mass is 329 g/mol. The predicted octanol–water partition coefficient (Wildman–Crippen LogP) is 0.279. The molecule has 0 aromatic heterocycles. The minimum Gasteiger partial charge on any atom is -0.389 e. The molecule has 0 radical (unpaired) electrons. The van der Waals surface area contributed by atoms with Crippen LogP contribution in [0.1, 0.15) is 18.6 Å². The van der Waals surface area contributed by atoms with Crippen LogP contribution in [-0.2, 0) is 9.59 Å². The van der Waals surface area contributed by atoms with Crippen molar-refractivity contribution in [3.63, 3.8) is 0 Å². The van der Waals surface area contributed by atoms with E-state index in [1.54, 1.807) is 25.1 Å². The molecule has 0 aliphatic rings. The van der Waals surface area contributed by atoms with E-state index < -0.39 is 17.9 Å². The SMILES string of the molecule is C[C@H](O)c1ccc(N(CC(N)=O)CC(N)=O)cc1Br. The lowest BCUT2D eigenvalue weighted by Gasteiger charge is -2.22. The molecule has 0 bridgehead atoms. The van der Waals surface area contributed by atoms with E-state index in [0.29, 0.717) is 15.7 Å². The zero-order valence-electron chi connectivity index (χ0n) is 10.5. The van der Waals surface area contributed by atoms with Crippen molar-refractivity contribution >= 4 is 33.4 Å². The molecule has 0 saturated carbocycles. The number of hydrogen-bond acceptors (Lipinski definition) is 4. The summed E-state index contributed by atoms with van der Waals surface area (Å²) in [5, 5.41) is 9.53. The van der Waals surface area contributed by atoms with E-state index >= 15 is 0 Å². The van der Waals surface area contributed by atoms with Gasteiger partial charge in [0.2, 0.25) is 11.8 Å². The molecule has 0 heterocycles. The van der Waals surface area contributed by atoms with E-state index in [9.17, 15) is 14.7 Å². The van der Waals surface area contributed by atoms with Crippen LogP contribution >= 0.6 is 15.9 Å². The van der Waals surface area contributed by atoms with Crippen LogP contribution in [0, 0.1) is 0 Å². The van der Waals surface area contributed by atoms with Crippen molar-refractivity contribution in [2.45, 2.75) is 13.0 Å². The Kier molecular flexibility index (Phi) is 5.31. The first kappa shape index (κ1) is 15.5. The van der Waals surface area contributed by atoms with Gasteiger partial charge in [-0.05, 0) is 24.6 Å². The third kappa shape index (κ3) is 4.53. The van der Waals surface area contributed by atoms with Gasteiger partial charge in [0, 0.05) is 10.2 Å². The third-order valence-corrected chi connectivity index (χ3v) is 3.18. The Bertz CT molecular complexity index is 475. The Hall–Kier alpha value is -1.60. The minimum absolute atomic E-state index is 0.108. The summed E-state index contributed by atoms with van der Waals surface area (Å²) in [4.78, 5) is 23.5. The second kappa shape index (κ2) is 6.53. The number of nitrogens with zero attached hydrogens (tertiary/aromatic N) is 1. The van der Waals surface area contributed by atoms with Crippen molar-refractivity contribution in [3.05, 3.63) is 28.2 Å². The van der Waals surface area contributed by atoms with E-state index in [1.807, 2.05) is 0 Å². The van der Waals surface area contributed by atoms with Crippen LogP contribution in [0.2, 0.25) is 0 Å². The van der Waals surface area contributed by atoms with Crippen molar-refractivity contribution in [1.29, 1.82) is 0 Å². The number of aliphatic hydroxyl groups is 1. The van der Waals surface area contributed by atoms with Crippen molar-refractivity contribution in [2.75, 3.05) is 18.0 Å². The van der Waals surface area contributed by atoms with Gasteiger partial charge in [-0.2, -0.15) is 0 Å². The Labute approximate surface area is 119 Å². The lowest BCUT2D eigenvalue weighted by molar-refractivity contribution is -0.117. The summed E-state index contributed by atoms with van der Waals surface area (Å²) in [6, 6.07) is 5.10. The number of halogens is 1. The molecular formula is C12H16BrN3O3. The highest BCUT2D eigenvalue weighted by atomic mass is 79.9. The molecule has 0 fully saturated rings. The second-order valence-corrected chi connectivity index (χ2v) is 5.02. The highest BCUT2D eigenvalue weighted by molar-refractivity contribution is 9.10. The first-order valence-electron chi connectivity index (χ1n) is 5.60. The number of anilines is 1. The molecule has 1 aromatic carbocycles. The topological polar surface area (TPSA) is 110 Å². The summed E-state index contributed by atoms with van der Waals surface area (Å²) < 4.78 is 0.680. The Morgan fingerprint density at radius 1 is 1.32 bits per heavy atom. The maximum absolute atomic E-state index is 11.0. The van der Waals surface area contributed by atoms with E-state index in [1.165, 1.54) is 4.90 Å². The van der Waals surface area contributed by atoms with E-state index in [2.05, 4.69) is 15.9 Å². The largest absolute Gasteiger partial charge is 0.389 e. The van der Waals surface area contributed by atoms with Crippen LogP contribution in [0.5, 0.6) is 0 Å². The number of primary amides is 2. The Morgan fingerprint density at radius 2 is 1.84 bits per heavy atom. The fourth-order valence-electron chi connectivity index (χ4n) is 1.67. The summed E-state index contributed by atoms with van der Waals surface area (Å²) in [6.45, 7) is 1.43. The van der Waals surface area contributed by atoms with Crippen molar-refractivity contribution in [3.8, 4) is 0 Å². The van der Waals surface area contributed by atoms with Gasteiger partial charge < -0.3 is 21.5 Å². The van der Waals surface area contributed by atoms with Crippen molar-refractivity contribution in [1.82, 2.24) is 0 Å². The number of carbonyl (C=O) groups excluding carboxylic acids is 2. The van der Waals surface area contributed by atoms with Gasteiger partial charge in [0.05, 0.1) is 19.2 Å². The molecule has 19 heavy (non-hydrogen) atoms. The predicted molar refractivity (Wildman–Crippen MR) is 75.4 cm³/mol. The van der Waals surface area contributed by atoms with Crippen LogP contribution in [0.3, 0.4) is 0 Å². The molecule has 2 amide bonds. The Balaban J connectivity index is 3.05. The molecule has 0 spiro atoms. The van der Waals surface area contributed by atoms with Crippen molar-refractivity contribution in [2.24, 2.45) is 11.5 Å². The number of nitrogens with two attached hydrogens (primary N) is 2. The molecule has 0 unspecified atom stereocenters. The number of aliphatic hydroxyl groups excluding tert-OH is 1. The van der Waals surface area contributed by atoms with Crippen molar-refractivity contribution < 1.29 is 14.7 Å². The second-order valence-electron chi connectivity index (χ2n) is 4.17. The molecule has 1 rings (SSSR count). The van der Waals surface area contributed by atoms with E-state index in [4.69, 9.17) is 11.5 Å². The maximum Gasteiger partial charge on any atom is 0.236 e. The first-order chi connectivity index (χ1) is 8.81. The average molecular weight is 330 g/mol. The highest BCUT2D eigenvalue weighted by Gasteiger charge is 2.14. The molecule has 1 atom stereocenters. The highest BCUT2D eigenvalue weighted by Crippen LogP contribution is 2.28. The van der Waals surface area contributed by atoms with Gasteiger partial charge >= 0.3 is 0 Å². The number of hydrogen-bond donors (Lipinski definition) is 3. The summed E-state index contributed by atoms with van der Waals surface area (Å²) in [5.41, 5.74) is 11.6. The van der Waals surface area contributed by atoms with Gasteiger partial charge in [-0.25, -0.2) is 0 Å². The van der Waals surface area contributed by atoms with Gasteiger partial charge in [0.25, 0.3) is 0 Å². The van der Waals surface area contributed by atoms with Gasteiger partial charge in [-0.3, -0.25) is 9.59 Å². The summed E-state index contributed by atoms with van der Waals surface area (Å²) >= 11 is 3.33. The smallest absolute Gasteiger partial charge is 0.236 e. The summed E-state index contributed by atoms with van der Waals surface area (Å²) in [6.07, 6.45) is -0.621. The quantitative estimate of drug-likeness (QED) is 0.696. The molecule has 5 N–H and O–H groups in total. The standard InChI is InChI=1S/C12H16BrN3O3/c1-7(17)9-3-2-8(4-10(9)13)16(5-11(14)18)6-12(15)19/h2-4,7,17H,5-6H2,1H3,(H2,14,18)(H2,15,19)/t7-/m0/s1. The Morgan fingerprint density at radius 3 is 2.21 bits per heavy atom. The molecule has 104 valence electrons. The van der Waals surface area contributed by atoms with Gasteiger partial charge in [0.15, 0.2) is 0 Å². The molecule has 6 nitrogen and oxygen atoms in total.